The molecule has 2 heterocycles. The molecule has 0 bridgehead atoms. The van der Waals surface area contributed by atoms with E-state index < -0.39 is 41.3 Å². The van der Waals surface area contributed by atoms with E-state index in [0.717, 1.165) is 17.7 Å². The average molecular weight is 454 g/mol. The van der Waals surface area contributed by atoms with E-state index in [-0.39, 0.29) is 6.54 Å². The van der Waals surface area contributed by atoms with Gasteiger partial charge in [0.2, 0.25) is 0 Å². The summed E-state index contributed by atoms with van der Waals surface area (Å²) in [4.78, 5) is 23.2. The van der Waals surface area contributed by atoms with Crippen LogP contribution in [0.2, 0.25) is 0 Å². The molecule has 1 aromatic carbocycles. The first-order valence-corrected chi connectivity index (χ1v) is 10.4. The number of amides is 2. The number of alkyl halides is 3. The van der Waals surface area contributed by atoms with Gasteiger partial charge in [0.1, 0.15) is 11.6 Å². The predicted molar refractivity (Wildman–Crippen MR) is 109 cm³/mol. The van der Waals surface area contributed by atoms with Crippen LogP contribution in [-0.2, 0) is 25.6 Å². The normalized spacial score (nSPS) is 16.0. The Morgan fingerprint density at radius 2 is 2.00 bits per heavy atom. The van der Waals surface area contributed by atoms with Crippen LogP contribution in [0.1, 0.15) is 55.0 Å². The molecule has 2 N–H and O–H groups in total. The Balaban J connectivity index is 1.80. The zero-order valence-electron chi connectivity index (χ0n) is 18.1. The molecular formula is C22H26F4N4O2. The molecule has 0 spiro atoms. The first-order valence-electron chi connectivity index (χ1n) is 10.4. The summed E-state index contributed by atoms with van der Waals surface area (Å²) in [5, 5.41) is 12.6. The smallest absolute Gasteiger partial charge is 0.391 e. The highest BCUT2D eigenvalue weighted by atomic mass is 19.4. The number of aliphatic hydroxyl groups is 1. The maximum Gasteiger partial charge on any atom is 0.419 e. The number of aromatic nitrogens is 2. The summed E-state index contributed by atoms with van der Waals surface area (Å²) in [7, 11) is 0. The number of carbonyl (C=O) groups excluding carboxylic acids is 1. The second kappa shape index (κ2) is 9.40. The number of hydrogen-bond donors (Lipinski definition) is 2. The summed E-state index contributed by atoms with van der Waals surface area (Å²) in [6.07, 6.45) is -3.25. The molecule has 2 amide bonds. The fourth-order valence-electron chi connectivity index (χ4n) is 3.67. The lowest BCUT2D eigenvalue weighted by Gasteiger charge is -2.31. The number of fused-ring (bicyclic) bond motifs is 1. The zero-order chi connectivity index (χ0) is 23.6. The van der Waals surface area contributed by atoms with Gasteiger partial charge in [0.25, 0.3) is 0 Å². The number of urea groups is 1. The number of benzene rings is 1. The second-order valence-electron chi connectivity index (χ2n) is 8.40. The maximum atomic E-state index is 14.6. The van der Waals surface area contributed by atoms with Crippen molar-refractivity contribution in [1.29, 1.82) is 0 Å². The highest BCUT2D eigenvalue weighted by molar-refractivity contribution is 5.75. The van der Waals surface area contributed by atoms with E-state index in [2.05, 4.69) is 15.3 Å². The zero-order valence-corrected chi connectivity index (χ0v) is 18.1. The summed E-state index contributed by atoms with van der Waals surface area (Å²) in [5.41, 5.74) is -0.244. The highest BCUT2D eigenvalue weighted by Gasteiger charge is 2.37. The summed E-state index contributed by atoms with van der Waals surface area (Å²) in [6.45, 7) is 5.90. The van der Waals surface area contributed by atoms with Crippen LogP contribution in [0.5, 0.6) is 0 Å². The Morgan fingerprint density at radius 3 is 2.62 bits per heavy atom. The first kappa shape index (κ1) is 23.9. The van der Waals surface area contributed by atoms with Crippen molar-refractivity contribution in [3.63, 3.8) is 0 Å². The van der Waals surface area contributed by atoms with Crippen molar-refractivity contribution in [1.82, 2.24) is 20.2 Å². The molecule has 0 aliphatic carbocycles. The van der Waals surface area contributed by atoms with Crippen molar-refractivity contribution in [2.45, 2.75) is 58.5 Å². The van der Waals surface area contributed by atoms with Crippen molar-refractivity contribution >= 4 is 6.03 Å². The van der Waals surface area contributed by atoms with Crippen molar-refractivity contribution < 1.29 is 27.5 Å². The van der Waals surface area contributed by atoms with Gasteiger partial charge in [-0.1, -0.05) is 26.0 Å². The number of aliphatic hydroxyl groups excluding tert-OH is 1. The SMILES string of the molecule is CC(C)Cc1ncc2c(n1)CN(C(=O)N[C@@H](c1cccc(C(F)(F)F)c1F)[C@@H](C)O)CC2. The van der Waals surface area contributed by atoms with Gasteiger partial charge in [-0.25, -0.2) is 19.2 Å². The van der Waals surface area contributed by atoms with Crippen LogP contribution in [-0.4, -0.2) is 38.7 Å². The largest absolute Gasteiger partial charge is 0.419 e. The molecule has 3 rings (SSSR count). The number of rotatable bonds is 5. The third-order valence-electron chi connectivity index (χ3n) is 5.30. The van der Waals surface area contributed by atoms with Crippen LogP contribution in [0.15, 0.2) is 24.4 Å². The Morgan fingerprint density at radius 1 is 1.28 bits per heavy atom. The van der Waals surface area contributed by atoms with Gasteiger partial charge >= 0.3 is 12.2 Å². The fourth-order valence-corrected chi connectivity index (χ4v) is 3.67. The second-order valence-corrected chi connectivity index (χ2v) is 8.40. The average Bonchev–Trinajstić information content (AvgIpc) is 2.70. The molecular weight excluding hydrogens is 428 g/mol. The summed E-state index contributed by atoms with van der Waals surface area (Å²) in [5.74, 6) is -0.472. The van der Waals surface area contributed by atoms with Crippen molar-refractivity contribution in [3.05, 3.63) is 58.4 Å². The molecule has 1 aromatic heterocycles. The van der Waals surface area contributed by atoms with Gasteiger partial charge in [-0.15, -0.1) is 0 Å². The number of nitrogens with one attached hydrogen (secondary N) is 1. The number of carbonyl (C=O) groups is 1. The molecule has 1 aliphatic heterocycles. The number of halogens is 4. The molecule has 0 saturated carbocycles. The van der Waals surface area contributed by atoms with Crippen LogP contribution in [0, 0.1) is 11.7 Å². The molecule has 0 fully saturated rings. The molecule has 0 unspecified atom stereocenters. The molecule has 1 aliphatic rings. The van der Waals surface area contributed by atoms with Crippen molar-refractivity contribution in [2.75, 3.05) is 6.54 Å². The van der Waals surface area contributed by atoms with Gasteiger partial charge in [-0.3, -0.25) is 0 Å². The Hall–Kier alpha value is -2.75. The molecule has 2 aromatic rings. The Kier molecular flexibility index (Phi) is 7.02. The summed E-state index contributed by atoms with van der Waals surface area (Å²) < 4.78 is 53.9. The molecule has 6 nitrogen and oxygen atoms in total. The lowest BCUT2D eigenvalue weighted by molar-refractivity contribution is -0.140. The number of nitrogens with zero attached hydrogens (tertiary/aromatic N) is 3. The minimum atomic E-state index is -4.89. The molecule has 174 valence electrons. The Labute approximate surface area is 183 Å². The summed E-state index contributed by atoms with van der Waals surface area (Å²) >= 11 is 0. The summed E-state index contributed by atoms with van der Waals surface area (Å²) in [6, 6.07) is 0.817. The van der Waals surface area contributed by atoms with Gasteiger partial charge in [0.05, 0.1) is 29.9 Å². The fraction of sp³-hybridized carbons (Fsp3) is 0.500. The topological polar surface area (TPSA) is 78.4 Å². The van der Waals surface area contributed by atoms with Crippen LogP contribution in [0.25, 0.3) is 0 Å². The standard InChI is InChI=1S/C22H26F4N4O2/c1-12(2)9-18-27-10-14-7-8-30(11-17(14)28-18)21(32)29-20(13(3)31)15-5-4-6-16(19(15)23)22(24,25)26/h4-6,10,12-13,20,31H,7-9,11H2,1-3H3,(H,29,32)/t13-,20-/m1/s1. The monoisotopic (exact) mass is 454 g/mol. The van der Waals surface area contributed by atoms with E-state index in [1.165, 1.54) is 11.8 Å². The van der Waals surface area contributed by atoms with Gasteiger partial charge in [-0.05, 0) is 30.9 Å². The van der Waals surface area contributed by atoms with Crippen molar-refractivity contribution in [2.24, 2.45) is 5.92 Å². The third kappa shape index (κ3) is 5.35. The highest BCUT2D eigenvalue weighted by Crippen LogP contribution is 2.34. The van der Waals surface area contributed by atoms with Crippen LogP contribution in [0.4, 0.5) is 22.4 Å². The Bertz CT molecular complexity index is 979. The lowest BCUT2D eigenvalue weighted by atomic mass is 9.98. The van der Waals surface area contributed by atoms with Gasteiger partial charge < -0.3 is 15.3 Å². The lowest BCUT2D eigenvalue weighted by Crippen LogP contribution is -2.46. The van der Waals surface area contributed by atoms with E-state index in [1.54, 1.807) is 6.20 Å². The number of hydrogen-bond acceptors (Lipinski definition) is 4. The van der Waals surface area contributed by atoms with E-state index in [0.29, 0.717) is 42.9 Å². The quantitative estimate of drug-likeness (QED) is 0.669. The van der Waals surface area contributed by atoms with Crippen molar-refractivity contribution in [3.8, 4) is 0 Å². The minimum Gasteiger partial charge on any atom is -0.391 e. The molecule has 10 heteroatoms. The van der Waals surface area contributed by atoms with Crippen LogP contribution in [0.3, 0.4) is 0 Å². The van der Waals surface area contributed by atoms with Gasteiger partial charge in [-0.2, -0.15) is 13.2 Å². The molecule has 0 radical (unpaired) electrons. The van der Waals surface area contributed by atoms with Crippen LogP contribution < -0.4 is 5.32 Å². The molecule has 32 heavy (non-hydrogen) atoms. The van der Waals surface area contributed by atoms with E-state index in [9.17, 15) is 27.5 Å². The van der Waals surface area contributed by atoms with E-state index in [1.807, 2.05) is 13.8 Å². The van der Waals surface area contributed by atoms with Crippen LogP contribution >= 0.6 is 0 Å². The molecule has 2 atom stereocenters. The molecule has 0 saturated heterocycles. The van der Waals surface area contributed by atoms with Gasteiger partial charge in [0, 0.05) is 24.7 Å². The maximum absolute atomic E-state index is 14.6. The predicted octanol–water partition coefficient (Wildman–Crippen LogP) is 4.02. The van der Waals surface area contributed by atoms with Gasteiger partial charge in [0.15, 0.2) is 0 Å². The van der Waals surface area contributed by atoms with E-state index >= 15 is 0 Å². The first-order chi connectivity index (χ1) is 15.0. The third-order valence-corrected chi connectivity index (χ3v) is 5.30. The van der Waals surface area contributed by atoms with E-state index in [4.69, 9.17) is 0 Å². The minimum absolute atomic E-state index is 0.187.